The molecule has 8 heteroatoms. The predicted octanol–water partition coefficient (Wildman–Crippen LogP) is 4.84. The van der Waals surface area contributed by atoms with Crippen LogP contribution in [0.1, 0.15) is 27.0 Å². The average molecular weight is 389 g/mol. The zero-order valence-electron chi connectivity index (χ0n) is 14.3. The molecule has 0 saturated heterocycles. The molecule has 0 unspecified atom stereocenters. The number of anilines is 2. The molecular weight excluding hydrogens is 373 g/mol. The summed E-state index contributed by atoms with van der Waals surface area (Å²) in [5.41, 5.74) is 1.05. The van der Waals surface area contributed by atoms with E-state index in [2.05, 4.69) is 15.6 Å². The van der Waals surface area contributed by atoms with Gasteiger partial charge in [-0.15, -0.1) is 22.7 Å². The molecule has 2 amide bonds. The van der Waals surface area contributed by atoms with Crippen molar-refractivity contribution >= 4 is 45.3 Å². The number of rotatable bonds is 4. The second kappa shape index (κ2) is 7.35. The standard InChI is InChI=1S/C18H16FN3O2S2/c1-9-4-7-15(25-9)16-10(2)26-18(21-16)22-17(24)12-5-6-13(19)14(8-12)20-11(3)23/h4-8H,1-3H3,(H,20,23)(H,21,22,24). The lowest BCUT2D eigenvalue weighted by molar-refractivity contribution is -0.114. The molecule has 3 rings (SSSR count). The Hall–Kier alpha value is -2.58. The minimum atomic E-state index is -0.600. The summed E-state index contributed by atoms with van der Waals surface area (Å²) in [6, 6.07) is 7.84. The Balaban J connectivity index is 1.81. The van der Waals surface area contributed by atoms with Crippen LogP contribution in [-0.2, 0) is 4.79 Å². The highest BCUT2D eigenvalue weighted by molar-refractivity contribution is 7.18. The zero-order chi connectivity index (χ0) is 18.8. The van der Waals surface area contributed by atoms with E-state index in [9.17, 15) is 14.0 Å². The van der Waals surface area contributed by atoms with Crippen LogP contribution in [0.25, 0.3) is 10.6 Å². The van der Waals surface area contributed by atoms with E-state index < -0.39 is 17.6 Å². The molecule has 0 atom stereocenters. The van der Waals surface area contributed by atoms with Gasteiger partial charge in [0.25, 0.3) is 5.91 Å². The molecule has 0 spiro atoms. The average Bonchev–Trinajstić information content (AvgIpc) is 3.14. The Labute approximate surface area is 157 Å². The Morgan fingerprint density at radius 1 is 1.08 bits per heavy atom. The molecule has 26 heavy (non-hydrogen) atoms. The highest BCUT2D eigenvalue weighted by Gasteiger charge is 2.15. The van der Waals surface area contributed by atoms with Crippen LogP contribution in [0.3, 0.4) is 0 Å². The maximum absolute atomic E-state index is 13.7. The number of thiophene rings is 1. The van der Waals surface area contributed by atoms with Crippen LogP contribution in [0.2, 0.25) is 0 Å². The van der Waals surface area contributed by atoms with E-state index in [1.54, 1.807) is 11.3 Å². The fourth-order valence-corrected chi connectivity index (χ4v) is 4.16. The molecule has 2 N–H and O–H groups in total. The van der Waals surface area contributed by atoms with Crippen molar-refractivity contribution in [2.75, 3.05) is 10.6 Å². The van der Waals surface area contributed by atoms with Crippen LogP contribution >= 0.6 is 22.7 Å². The number of benzene rings is 1. The summed E-state index contributed by atoms with van der Waals surface area (Å²) in [4.78, 5) is 31.3. The van der Waals surface area contributed by atoms with Crippen molar-refractivity contribution in [3.8, 4) is 10.6 Å². The van der Waals surface area contributed by atoms with E-state index in [1.165, 1.54) is 35.3 Å². The molecule has 134 valence electrons. The first-order valence-electron chi connectivity index (χ1n) is 7.76. The first-order chi connectivity index (χ1) is 12.3. The monoisotopic (exact) mass is 389 g/mol. The minimum Gasteiger partial charge on any atom is -0.324 e. The number of amides is 2. The Bertz CT molecular complexity index is 994. The van der Waals surface area contributed by atoms with E-state index in [-0.39, 0.29) is 11.3 Å². The number of carbonyl (C=O) groups is 2. The van der Waals surface area contributed by atoms with E-state index in [1.807, 2.05) is 26.0 Å². The number of aryl methyl sites for hydroxylation is 2. The van der Waals surface area contributed by atoms with E-state index in [4.69, 9.17) is 0 Å². The normalized spacial score (nSPS) is 10.6. The van der Waals surface area contributed by atoms with Gasteiger partial charge in [-0.25, -0.2) is 9.37 Å². The molecule has 0 saturated carbocycles. The Morgan fingerprint density at radius 2 is 1.85 bits per heavy atom. The van der Waals surface area contributed by atoms with E-state index >= 15 is 0 Å². The number of nitrogens with one attached hydrogen (secondary N) is 2. The molecule has 0 aliphatic carbocycles. The zero-order valence-corrected chi connectivity index (χ0v) is 16.0. The topological polar surface area (TPSA) is 71.1 Å². The van der Waals surface area contributed by atoms with E-state index in [0.29, 0.717) is 5.13 Å². The van der Waals surface area contributed by atoms with Gasteiger partial charge in [0, 0.05) is 22.2 Å². The predicted molar refractivity (Wildman–Crippen MR) is 104 cm³/mol. The van der Waals surface area contributed by atoms with Crippen molar-refractivity contribution < 1.29 is 14.0 Å². The van der Waals surface area contributed by atoms with Gasteiger partial charge in [0.2, 0.25) is 5.91 Å². The first-order valence-corrected chi connectivity index (χ1v) is 9.39. The quantitative estimate of drug-likeness (QED) is 0.671. The number of aromatic nitrogens is 1. The summed E-state index contributed by atoms with van der Waals surface area (Å²) in [6.45, 7) is 5.25. The van der Waals surface area contributed by atoms with Gasteiger partial charge in [-0.05, 0) is 44.2 Å². The molecule has 5 nitrogen and oxygen atoms in total. The number of halogens is 1. The van der Waals surface area contributed by atoms with Gasteiger partial charge in [0.15, 0.2) is 5.13 Å². The number of nitrogens with zero attached hydrogens (tertiary/aromatic N) is 1. The van der Waals surface area contributed by atoms with Crippen molar-refractivity contribution in [3.63, 3.8) is 0 Å². The van der Waals surface area contributed by atoms with Crippen molar-refractivity contribution in [2.24, 2.45) is 0 Å². The number of hydrogen-bond donors (Lipinski definition) is 2. The number of hydrogen-bond acceptors (Lipinski definition) is 5. The largest absolute Gasteiger partial charge is 0.324 e. The van der Waals surface area contributed by atoms with Crippen molar-refractivity contribution in [3.05, 3.63) is 51.5 Å². The highest BCUT2D eigenvalue weighted by Crippen LogP contribution is 2.34. The van der Waals surface area contributed by atoms with Gasteiger partial charge in [0.05, 0.1) is 16.3 Å². The van der Waals surface area contributed by atoms with Gasteiger partial charge in [-0.2, -0.15) is 0 Å². The molecule has 2 aromatic heterocycles. The van der Waals surface area contributed by atoms with E-state index in [0.717, 1.165) is 21.5 Å². The van der Waals surface area contributed by atoms with Crippen LogP contribution in [0, 0.1) is 19.7 Å². The molecule has 0 fully saturated rings. The summed E-state index contributed by atoms with van der Waals surface area (Å²) in [5.74, 6) is -1.43. The molecule has 1 aromatic carbocycles. The van der Waals surface area contributed by atoms with Crippen LogP contribution in [-0.4, -0.2) is 16.8 Å². The summed E-state index contributed by atoms with van der Waals surface area (Å²) in [6.07, 6.45) is 0. The lowest BCUT2D eigenvalue weighted by Gasteiger charge is -2.07. The Kier molecular flexibility index (Phi) is 5.15. The number of thiazole rings is 1. The molecule has 0 aliphatic rings. The maximum atomic E-state index is 13.7. The maximum Gasteiger partial charge on any atom is 0.257 e. The van der Waals surface area contributed by atoms with Crippen LogP contribution in [0.15, 0.2) is 30.3 Å². The van der Waals surface area contributed by atoms with Gasteiger partial charge in [0.1, 0.15) is 5.82 Å². The molecule has 2 heterocycles. The molecule has 0 bridgehead atoms. The first kappa shape index (κ1) is 18.2. The van der Waals surface area contributed by atoms with Gasteiger partial charge in [-0.1, -0.05) is 0 Å². The Morgan fingerprint density at radius 3 is 2.50 bits per heavy atom. The smallest absolute Gasteiger partial charge is 0.257 e. The molecule has 3 aromatic rings. The van der Waals surface area contributed by atoms with Gasteiger partial charge in [-0.3, -0.25) is 14.9 Å². The number of carbonyl (C=O) groups excluding carboxylic acids is 2. The van der Waals surface area contributed by atoms with Crippen molar-refractivity contribution in [1.29, 1.82) is 0 Å². The molecule has 0 radical (unpaired) electrons. The second-order valence-electron chi connectivity index (χ2n) is 5.66. The van der Waals surface area contributed by atoms with Crippen LogP contribution in [0.5, 0.6) is 0 Å². The summed E-state index contributed by atoms with van der Waals surface area (Å²) in [7, 11) is 0. The van der Waals surface area contributed by atoms with Crippen LogP contribution in [0.4, 0.5) is 15.2 Å². The lowest BCUT2D eigenvalue weighted by atomic mass is 10.2. The van der Waals surface area contributed by atoms with Gasteiger partial charge < -0.3 is 5.32 Å². The summed E-state index contributed by atoms with van der Waals surface area (Å²) in [5, 5.41) is 5.57. The van der Waals surface area contributed by atoms with Crippen molar-refractivity contribution in [2.45, 2.75) is 20.8 Å². The van der Waals surface area contributed by atoms with Gasteiger partial charge >= 0.3 is 0 Å². The minimum absolute atomic E-state index is 0.0322. The summed E-state index contributed by atoms with van der Waals surface area (Å²) < 4.78 is 13.7. The lowest BCUT2D eigenvalue weighted by Crippen LogP contribution is -2.14. The molecule has 0 aliphatic heterocycles. The SMILES string of the molecule is CC(=O)Nc1cc(C(=O)Nc2nc(-c3ccc(C)s3)c(C)s2)ccc1F. The third kappa shape index (κ3) is 3.97. The fraction of sp³-hybridized carbons (Fsp3) is 0.167. The fourth-order valence-electron chi connectivity index (χ4n) is 2.36. The third-order valence-electron chi connectivity index (χ3n) is 3.53. The summed E-state index contributed by atoms with van der Waals surface area (Å²) >= 11 is 3.02. The van der Waals surface area contributed by atoms with Crippen molar-refractivity contribution in [1.82, 2.24) is 4.98 Å². The second-order valence-corrected chi connectivity index (χ2v) is 8.16. The highest BCUT2D eigenvalue weighted by atomic mass is 32.1. The third-order valence-corrected chi connectivity index (χ3v) is 5.42. The molecular formula is C18H16FN3O2S2. The van der Waals surface area contributed by atoms with Crippen LogP contribution < -0.4 is 10.6 Å².